The number of hydrogen-bond acceptors (Lipinski definition) is 5. The quantitative estimate of drug-likeness (QED) is 0.577. The third kappa shape index (κ3) is 4.89. The minimum Gasteiger partial charge on any atom is -0.368 e. The van der Waals surface area contributed by atoms with Gasteiger partial charge in [-0.25, -0.2) is 0 Å². The Labute approximate surface area is 109 Å². The number of carbonyl (C=O) groups is 1. The normalized spacial score (nSPS) is 21.4. The molecule has 0 bridgehead atoms. The SMILES string of the molecule is CCOC(CCN1CCNCC1C(N)=O)OCC. The van der Waals surface area contributed by atoms with Crippen molar-refractivity contribution in [1.82, 2.24) is 10.2 Å². The third-order valence-corrected chi connectivity index (χ3v) is 3.04. The molecule has 0 aromatic rings. The summed E-state index contributed by atoms with van der Waals surface area (Å²) in [5.41, 5.74) is 5.40. The number of piperazine rings is 1. The first kappa shape index (κ1) is 15.4. The minimum absolute atomic E-state index is 0.191. The Morgan fingerprint density at radius 3 is 2.67 bits per heavy atom. The van der Waals surface area contributed by atoms with Crippen LogP contribution in [0.2, 0.25) is 0 Å². The van der Waals surface area contributed by atoms with Crippen LogP contribution < -0.4 is 11.1 Å². The predicted molar refractivity (Wildman–Crippen MR) is 69.1 cm³/mol. The molecule has 6 nitrogen and oxygen atoms in total. The molecule has 1 fully saturated rings. The fraction of sp³-hybridized carbons (Fsp3) is 0.917. The lowest BCUT2D eigenvalue weighted by atomic mass is 10.1. The van der Waals surface area contributed by atoms with Crippen LogP contribution in [0.1, 0.15) is 20.3 Å². The van der Waals surface area contributed by atoms with Crippen LogP contribution in [0.5, 0.6) is 0 Å². The van der Waals surface area contributed by atoms with Crippen LogP contribution in [-0.2, 0) is 14.3 Å². The molecule has 1 unspecified atom stereocenters. The zero-order chi connectivity index (χ0) is 13.4. The summed E-state index contributed by atoms with van der Waals surface area (Å²) >= 11 is 0. The van der Waals surface area contributed by atoms with Crippen molar-refractivity contribution < 1.29 is 14.3 Å². The van der Waals surface area contributed by atoms with E-state index in [0.717, 1.165) is 26.1 Å². The van der Waals surface area contributed by atoms with Gasteiger partial charge in [0.05, 0.1) is 0 Å². The van der Waals surface area contributed by atoms with Crippen molar-refractivity contribution >= 4 is 5.91 Å². The highest BCUT2D eigenvalue weighted by molar-refractivity contribution is 5.80. The predicted octanol–water partition coefficient (Wildman–Crippen LogP) is -0.465. The minimum atomic E-state index is -0.272. The molecule has 1 amide bonds. The van der Waals surface area contributed by atoms with Gasteiger partial charge in [-0.3, -0.25) is 9.69 Å². The molecule has 0 aliphatic carbocycles. The number of primary amides is 1. The second-order valence-electron chi connectivity index (χ2n) is 4.29. The Morgan fingerprint density at radius 1 is 1.44 bits per heavy atom. The van der Waals surface area contributed by atoms with Gasteiger partial charge in [0.15, 0.2) is 6.29 Å². The van der Waals surface area contributed by atoms with Gasteiger partial charge in [0.1, 0.15) is 6.04 Å². The van der Waals surface area contributed by atoms with Crippen LogP contribution in [0.15, 0.2) is 0 Å². The molecule has 1 saturated heterocycles. The number of carbonyl (C=O) groups excluding carboxylic acids is 1. The number of amides is 1. The fourth-order valence-electron chi connectivity index (χ4n) is 2.15. The number of nitrogens with two attached hydrogens (primary N) is 1. The van der Waals surface area contributed by atoms with E-state index in [9.17, 15) is 4.79 Å². The van der Waals surface area contributed by atoms with E-state index in [0.29, 0.717) is 19.8 Å². The molecular weight excluding hydrogens is 234 g/mol. The molecule has 0 aromatic heterocycles. The smallest absolute Gasteiger partial charge is 0.236 e. The molecule has 3 N–H and O–H groups in total. The number of nitrogens with one attached hydrogen (secondary N) is 1. The van der Waals surface area contributed by atoms with Gasteiger partial charge in [-0.2, -0.15) is 0 Å². The number of nitrogens with zero attached hydrogens (tertiary/aromatic N) is 1. The van der Waals surface area contributed by atoms with Crippen molar-refractivity contribution in [3.63, 3.8) is 0 Å². The van der Waals surface area contributed by atoms with Crippen molar-refractivity contribution in [2.45, 2.75) is 32.6 Å². The molecule has 106 valence electrons. The molecular formula is C12H25N3O3. The van der Waals surface area contributed by atoms with Gasteiger partial charge in [-0.15, -0.1) is 0 Å². The van der Waals surface area contributed by atoms with Crippen LogP contribution in [0.4, 0.5) is 0 Å². The van der Waals surface area contributed by atoms with E-state index in [1.54, 1.807) is 0 Å². The maximum absolute atomic E-state index is 11.3. The third-order valence-electron chi connectivity index (χ3n) is 3.04. The van der Waals surface area contributed by atoms with Gasteiger partial charge >= 0.3 is 0 Å². The maximum Gasteiger partial charge on any atom is 0.236 e. The van der Waals surface area contributed by atoms with Crippen LogP contribution in [0, 0.1) is 0 Å². The number of hydrogen-bond donors (Lipinski definition) is 2. The lowest BCUT2D eigenvalue weighted by Gasteiger charge is -2.34. The first-order valence-electron chi connectivity index (χ1n) is 6.66. The summed E-state index contributed by atoms with van der Waals surface area (Å²) in [5.74, 6) is -0.272. The topological polar surface area (TPSA) is 76.8 Å². The van der Waals surface area contributed by atoms with Crippen molar-refractivity contribution in [2.24, 2.45) is 5.73 Å². The van der Waals surface area contributed by atoms with Crippen molar-refractivity contribution in [3.05, 3.63) is 0 Å². The maximum atomic E-state index is 11.3. The molecule has 0 spiro atoms. The monoisotopic (exact) mass is 259 g/mol. The van der Waals surface area contributed by atoms with Gasteiger partial charge in [0.2, 0.25) is 5.91 Å². The van der Waals surface area contributed by atoms with Crippen LogP contribution in [0.25, 0.3) is 0 Å². The molecule has 0 saturated carbocycles. The highest BCUT2D eigenvalue weighted by Crippen LogP contribution is 2.08. The van der Waals surface area contributed by atoms with E-state index >= 15 is 0 Å². The summed E-state index contributed by atoms with van der Waals surface area (Å²) in [6, 6.07) is -0.220. The van der Waals surface area contributed by atoms with Gasteiger partial charge in [0.25, 0.3) is 0 Å². The molecule has 1 atom stereocenters. The Morgan fingerprint density at radius 2 is 2.11 bits per heavy atom. The summed E-state index contributed by atoms with van der Waals surface area (Å²) in [6.07, 6.45) is 0.564. The molecule has 1 heterocycles. The zero-order valence-electron chi connectivity index (χ0n) is 11.4. The molecule has 1 aliphatic rings. The first-order valence-corrected chi connectivity index (χ1v) is 6.66. The van der Waals surface area contributed by atoms with E-state index in [-0.39, 0.29) is 18.2 Å². The highest BCUT2D eigenvalue weighted by atomic mass is 16.7. The molecule has 6 heteroatoms. The van der Waals surface area contributed by atoms with Crippen LogP contribution in [-0.4, -0.2) is 62.5 Å². The second kappa shape index (κ2) is 8.42. The van der Waals surface area contributed by atoms with Crippen LogP contribution >= 0.6 is 0 Å². The molecule has 0 radical (unpaired) electrons. The standard InChI is InChI=1S/C12H25N3O3/c1-3-17-11(18-4-2)5-7-15-8-6-14-9-10(15)12(13)16/h10-11,14H,3-9H2,1-2H3,(H2,13,16). The molecule has 1 aliphatic heterocycles. The fourth-order valence-corrected chi connectivity index (χ4v) is 2.15. The Balaban J connectivity index is 2.40. The number of rotatable bonds is 8. The average Bonchev–Trinajstić information content (AvgIpc) is 2.36. The van der Waals surface area contributed by atoms with E-state index in [1.165, 1.54) is 0 Å². The summed E-state index contributed by atoms with van der Waals surface area (Å²) in [4.78, 5) is 13.4. The van der Waals surface area contributed by atoms with E-state index in [4.69, 9.17) is 15.2 Å². The summed E-state index contributed by atoms with van der Waals surface area (Å²) in [7, 11) is 0. The Bertz CT molecular complexity index is 245. The first-order chi connectivity index (χ1) is 8.69. The van der Waals surface area contributed by atoms with Gasteiger partial charge in [-0.05, 0) is 13.8 Å². The van der Waals surface area contributed by atoms with Crippen molar-refractivity contribution in [1.29, 1.82) is 0 Å². The second-order valence-corrected chi connectivity index (χ2v) is 4.29. The van der Waals surface area contributed by atoms with Crippen molar-refractivity contribution in [3.8, 4) is 0 Å². The molecule has 0 aromatic carbocycles. The summed E-state index contributed by atoms with van der Waals surface area (Å²) < 4.78 is 11.0. The van der Waals surface area contributed by atoms with Crippen molar-refractivity contribution in [2.75, 3.05) is 39.4 Å². The zero-order valence-corrected chi connectivity index (χ0v) is 11.4. The number of ether oxygens (including phenoxy) is 2. The van der Waals surface area contributed by atoms with E-state index in [2.05, 4.69) is 10.2 Å². The van der Waals surface area contributed by atoms with Crippen LogP contribution in [0.3, 0.4) is 0 Å². The Hall–Kier alpha value is -0.690. The Kier molecular flexibility index (Phi) is 7.19. The van der Waals surface area contributed by atoms with E-state index < -0.39 is 0 Å². The summed E-state index contributed by atoms with van der Waals surface area (Å²) in [6.45, 7) is 8.27. The molecule has 1 rings (SSSR count). The van der Waals surface area contributed by atoms with Gasteiger partial charge < -0.3 is 20.5 Å². The lowest BCUT2D eigenvalue weighted by molar-refractivity contribution is -0.144. The average molecular weight is 259 g/mol. The highest BCUT2D eigenvalue weighted by Gasteiger charge is 2.27. The van der Waals surface area contributed by atoms with Gasteiger partial charge in [0, 0.05) is 45.8 Å². The molecule has 18 heavy (non-hydrogen) atoms. The van der Waals surface area contributed by atoms with Gasteiger partial charge in [-0.1, -0.05) is 0 Å². The lowest BCUT2D eigenvalue weighted by Crippen LogP contribution is -2.57. The largest absolute Gasteiger partial charge is 0.368 e. The summed E-state index contributed by atoms with van der Waals surface area (Å²) in [5, 5.41) is 3.18. The van der Waals surface area contributed by atoms with E-state index in [1.807, 2.05) is 13.8 Å².